The Kier molecular flexibility index (Phi) is 3.30. The number of ether oxygens (including phenoxy) is 2. The molecule has 3 rings (SSSR count). The molecule has 5 nitrogen and oxygen atoms in total. The van der Waals surface area contributed by atoms with E-state index >= 15 is 0 Å². The molecule has 0 aliphatic carbocycles. The van der Waals surface area contributed by atoms with Gasteiger partial charge in [-0.2, -0.15) is 0 Å². The molecule has 20 heavy (non-hydrogen) atoms. The molecular weight excluding hydrogens is 260 g/mol. The van der Waals surface area contributed by atoms with Gasteiger partial charge in [-0.3, -0.25) is 0 Å². The van der Waals surface area contributed by atoms with Crippen molar-refractivity contribution in [2.45, 2.75) is 50.9 Å². The van der Waals surface area contributed by atoms with Crippen molar-refractivity contribution < 1.29 is 24.5 Å². The highest BCUT2D eigenvalue weighted by molar-refractivity contribution is 5.95. The predicted octanol–water partition coefficient (Wildman–Crippen LogP) is 2.14. The van der Waals surface area contributed by atoms with Crippen LogP contribution in [-0.2, 0) is 15.9 Å². The molecule has 1 saturated heterocycles. The minimum atomic E-state index is -0.546. The first-order chi connectivity index (χ1) is 9.54. The van der Waals surface area contributed by atoms with E-state index in [1.54, 1.807) is 0 Å². The molecule has 3 atom stereocenters. The van der Waals surface area contributed by atoms with Crippen LogP contribution < -0.4 is 0 Å². The summed E-state index contributed by atoms with van der Waals surface area (Å²) in [5.41, 5.74) is 0.772. The maximum absolute atomic E-state index is 12.0. The molecule has 0 amide bonds. The maximum atomic E-state index is 12.0. The third-order valence-electron chi connectivity index (χ3n) is 3.99. The SMILES string of the molecule is CC1CCCC(C2Cc3cc(O)cc(O)c3C(=O)O2)O1. The molecule has 1 aromatic rings. The van der Waals surface area contributed by atoms with Gasteiger partial charge in [-0.25, -0.2) is 4.79 Å². The van der Waals surface area contributed by atoms with E-state index in [-0.39, 0.29) is 35.4 Å². The fourth-order valence-electron chi connectivity index (χ4n) is 3.04. The molecule has 0 spiro atoms. The average Bonchev–Trinajstić information content (AvgIpc) is 2.37. The Balaban J connectivity index is 1.86. The molecule has 2 N–H and O–H groups in total. The van der Waals surface area contributed by atoms with Crippen LogP contribution in [0.2, 0.25) is 0 Å². The van der Waals surface area contributed by atoms with Crippen molar-refractivity contribution in [1.29, 1.82) is 0 Å². The van der Waals surface area contributed by atoms with Crippen LogP contribution >= 0.6 is 0 Å². The lowest BCUT2D eigenvalue weighted by Crippen LogP contribution is -2.42. The fraction of sp³-hybridized carbons (Fsp3) is 0.533. The van der Waals surface area contributed by atoms with Crippen LogP contribution in [0.15, 0.2) is 12.1 Å². The summed E-state index contributed by atoms with van der Waals surface area (Å²) in [6.45, 7) is 2.02. The van der Waals surface area contributed by atoms with E-state index in [0.717, 1.165) is 25.3 Å². The first kappa shape index (κ1) is 13.2. The Hall–Kier alpha value is -1.75. The topological polar surface area (TPSA) is 76.0 Å². The Labute approximate surface area is 117 Å². The molecule has 0 aromatic heterocycles. The highest BCUT2D eigenvalue weighted by Crippen LogP contribution is 2.35. The summed E-state index contributed by atoms with van der Waals surface area (Å²) in [5, 5.41) is 19.3. The van der Waals surface area contributed by atoms with Crippen molar-refractivity contribution in [1.82, 2.24) is 0 Å². The second kappa shape index (κ2) is 4.98. The number of hydrogen-bond acceptors (Lipinski definition) is 5. The van der Waals surface area contributed by atoms with Gasteiger partial charge in [0.15, 0.2) is 0 Å². The van der Waals surface area contributed by atoms with Crippen molar-refractivity contribution in [3.05, 3.63) is 23.3 Å². The summed E-state index contributed by atoms with van der Waals surface area (Å²) >= 11 is 0. The zero-order chi connectivity index (χ0) is 14.3. The Morgan fingerprint density at radius 3 is 2.75 bits per heavy atom. The van der Waals surface area contributed by atoms with Crippen molar-refractivity contribution in [2.24, 2.45) is 0 Å². The van der Waals surface area contributed by atoms with Gasteiger partial charge in [-0.15, -0.1) is 0 Å². The summed E-state index contributed by atoms with van der Waals surface area (Å²) in [4.78, 5) is 12.0. The third kappa shape index (κ3) is 2.33. The number of phenols is 2. The molecule has 5 heteroatoms. The van der Waals surface area contributed by atoms with Crippen LogP contribution in [-0.4, -0.2) is 34.5 Å². The van der Waals surface area contributed by atoms with Crippen molar-refractivity contribution in [3.63, 3.8) is 0 Å². The minimum absolute atomic E-state index is 0.0485. The van der Waals surface area contributed by atoms with Gasteiger partial charge in [0.25, 0.3) is 0 Å². The Morgan fingerprint density at radius 1 is 1.20 bits per heavy atom. The van der Waals surface area contributed by atoms with E-state index in [0.29, 0.717) is 12.0 Å². The van der Waals surface area contributed by atoms with Gasteiger partial charge in [0.05, 0.1) is 12.2 Å². The van der Waals surface area contributed by atoms with E-state index in [4.69, 9.17) is 9.47 Å². The number of rotatable bonds is 1. The fourth-order valence-corrected chi connectivity index (χ4v) is 3.04. The predicted molar refractivity (Wildman–Crippen MR) is 70.9 cm³/mol. The molecule has 3 unspecified atom stereocenters. The number of fused-ring (bicyclic) bond motifs is 1. The lowest BCUT2D eigenvalue weighted by molar-refractivity contribution is -0.105. The van der Waals surface area contributed by atoms with Crippen LogP contribution in [0.3, 0.4) is 0 Å². The molecule has 2 aliphatic rings. The summed E-state index contributed by atoms with van der Waals surface area (Å²) < 4.78 is 11.3. The molecule has 1 fully saturated rings. The summed E-state index contributed by atoms with van der Waals surface area (Å²) in [6.07, 6.45) is 3.11. The largest absolute Gasteiger partial charge is 0.508 e. The van der Waals surface area contributed by atoms with Crippen LogP contribution in [0.5, 0.6) is 11.5 Å². The number of cyclic esters (lactones) is 1. The smallest absolute Gasteiger partial charge is 0.342 e. The van der Waals surface area contributed by atoms with Crippen molar-refractivity contribution >= 4 is 5.97 Å². The molecule has 2 heterocycles. The number of carbonyl (C=O) groups excluding carboxylic acids is 1. The van der Waals surface area contributed by atoms with Gasteiger partial charge >= 0.3 is 5.97 Å². The third-order valence-corrected chi connectivity index (χ3v) is 3.99. The highest BCUT2D eigenvalue weighted by Gasteiger charge is 2.36. The second-order valence-electron chi connectivity index (χ2n) is 5.56. The quantitative estimate of drug-likeness (QED) is 0.770. The normalized spacial score (nSPS) is 29.6. The molecular formula is C15H18O5. The van der Waals surface area contributed by atoms with Crippen molar-refractivity contribution in [2.75, 3.05) is 0 Å². The van der Waals surface area contributed by atoms with E-state index < -0.39 is 5.97 Å². The molecule has 2 aliphatic heterocycles. The highest BCUT2D eigenvalue weighted by atomic mass is 16.6. The number of aromatic hydroxyl groups is 2. The van der Waals surface area contributed by atoms with Crippen LogP contribution in [0.1, 0.15) is 42.1 Å². The van der Waals surface area contributed by atoms with Crippen LogP contribution in [0, 0.1) is 0 Å². The first-order valence-electron chi connectivity index (χ1n) is 6.96. The van der Waals surface area contributed by atoms with Crippen LogP contribution in [0.25, 0.3) is 0 Å². The zero-order valence-electron chi connectivity index (χ0n) is 11.3. The molecule has 1 aromatic carbocycles. The standard InChI is InChI=1S/C15H18O5/c1-8-3-2-4-12(19-8)13-6-9-5-10(16)7-11(17)14(9)15(18)20-13/h5,7-8,12-13,16-17H,2-4,6H2,1H3. The summed E-state index contributed by atoms with van der Waals surface area (Å²) in [6, 6.07) is 2.66. The van der Waals surface area contributed by atoms with E-state index in [1.807, 2.05) is 6.92 Å². The van der Waals surface area contributed by atoms with Crippen LogP contribution in [0.4, 0.5) is 0 Å². The second-order valence-corrected chi connectivity index (χ2v) is 5.56. The number of phenolic OH excluding ortho intramolecular Hbond substituents is 2. The lowest BCUT2D eigenvalue weighted by atomic mass is 9.91. The summed E-state index contributed by atoms with van der Waals surface area (Å²) in [7, 11) is 0. The van der Waals surface area contributed by atoms with Gasteiger partial charge in [-0.05, 0) is 37.8 Å². The van der Waals surface area contributed by atoms with Gasteiger partial charge in [-0.1, -0.05) is 0 Å². The van der Waals surface area contributed by atoms with Gasteiger partial charge in [0.1, 0.15) is 23.2 Å². The number of benzene rings is 1. The molecule has 0 bridgehead atoms. The average molecular weight is 278 g/mol. The maximum Gasteiger partial charge on any atom is 0.342 e. The Bertz CT molecular complexity index is 539. The molecule has 0 radical (unpaired) electrons. The summed E-state index contributed by atoms with van der Waals surface area (Å²) in [5.74, 6) is -0.829. The van der Waals surface area contributed by atoms with E-state index in [9.17, 15) is 15.0 Å². The van der Waals surface area contributed by atoms with E-state index in [2.05, 4.69) is 0 Å². The zero-order valence-corrected chi connectivity index (χ0v) is 11.3. The number of carbonyl (C=O) groups is 1. The lowest BCUT2D eigenvalue weighted by Gasteiger charge is -2.35. The van der Waals surface area contributed by atoms with Crippen molar-refractivity contribution in [3.8, 4) is 11.5 Å². The Morgan fingerprint density at radius 2 is 2.00 bits per heavy atom. The number of hydrogen-bond donors (Lipinski definition) is 2. The first-order valence-corrected chi connectivity index (χ1v) is 6.96. The van der Waals surface area contributed by atoms with Gasteiger partial charge < -0.3 is 19.7 Å². The number of esters is 1. The van der Waals surface area contributed by atoms with Gasteiger partial charge in [0.2, 0.25) is 0 Å². The molecule has 0 saturated carbocycles. The monoisotopic (exact) mass is 278 g/mol. The van der Waals surface area contributed by atoms with Gasteiger partial charge in [0, 0.05) is 12.5 Å². The minimum Gasteiger partial charge on any atom is -0.508 e. The molecule has 108 valence electrons. The van der Waals surface area contributed by atoms with E-state index in [1.165, 1.54) is 6.07 Å².